The maximum atomic E-state index is 10.3. The molecule has 3 aromatic rings. The zero-order valence-corrected chi connectivity index (χ0v) is 12.7. The van der Waals surface area contributed by atoms with Crippen molar-refractivity contribution < 1.29 is 9.52 Å². The summed E-state index contributed by atoms with van der Waals surface area (Å²) in [6, 6.07) is 15.9. The number of hydrogen-bond donors (Lipinski definition) is 1. The van der Waals surface area contributed by atoms with Crippen LogP contribution in [0.25, 0.3) is 11.0 Å². The topological polar surface area (TPSA) is 33.4 Å². The first-order valence-electron chi connectivity index (χ1n) is 6.54. The summed E-state index contributed by atoms with van der Waals surface area (Å²) in [5, 5.41) is 11.4. The zero-order valence-electron chi connectivity index (χ0n) is 11.1. The van der Waals surface area contributed by atoms with E-state index in [0.29, 0.717) is 12.2 Å². The van der Waals surface area contributed by atoms with Gasteiger partial charge in [-0.15, -0.1) is 0 Å². The Hall–Kier alpha value is -1.58. The molecule has 0 bridgehead atoms. The van der Waals surface area contributed by atoms with Gasteiger partial charge in [-0.25, -0.2) is 0 Å². The molecule has 3 rings (SSSR count). The maximum Gasteiger partial charge on any atom is 0.134 e. The third kappa shape index (κ3) is 2.79. The van der Waals surface area contributed by atoms with Crippen molar-refractivity contribution in [2.75, 3.05) is 0 Å². The molecule has 2 nitrogen and oxygen atoms in total. The lowest BCUT2D eigenvalue weighted by atomic mass is 10.1. The number of fused-ring (bicyclic) bond motifs is 1. The monoisotopic (exact) mass is 330 g/mol. The van der Waals surface area contributed by atoms with Crippen LogP contribution in [-0.4, -0.2) is 5.11 Å². The van der Waals surface area contributed by atoms with Crippen molar-refractivity contribution in [1.82, 2.24) is 0 Å². The average Bonchev–Trinajstić information content (AvgIpc) is 2.81. The summed E-state index contributed by atoms with van der Waals surface area (Å²) in [6.45, 7) is 2.05. The van der Waals surface area contributed by atoms with Crippen molar-refractivity contribution in [2.24, 2.45) is 0 Å². The van der Waals surface area contributed by atoms with Crippen molar-refractivity contribution in [3.8, 4) is 0 Å². The fourth-order valence-corrected chi connectivity index (χ4v) is 2.78. The van der Waals surface area contributed by atoms with Crippen LogP contribution in [0, 0.1) is 6.92 Å². The number of aliphatic hydroxyl groups is 1. The normalized spacial score (nSPS) is 12.8. The van der Waals surface area contributed by atoms with Crippen LogP contribution in [0.4, 0.5) is 0 Å². The molecule has 0 saturated heterocycles. The van der Waals surface area contributed by atoms with E-state index in [1.807, 2.05) is 49.4 Å². The van der Waals surface area contributed by atoms with Crippen LogP contribution < -0.4 is 0 Å². The van der Waals surface area contributed by atoms with Gasteiger partial charge in [0.15, 0.2) is 0 Å². The Labute approximate surface area is 126 Å². The van der Waals surface area contributed by atoms with Gasteiger partial charge in [-0.2, -0.15) is 0 Å². The Bertz CT molecular complexity index is 746. The standard InChI is InChI=1S/C17H15BrO2/c1-11-5-6-16-13(7-11)10-17(20-16)15(19)9-12-3-2-4-14(18)8-12/h2-8,10,15,19H,9H2,1H3. The fraction of sp³-hybridized carbons (Fsp3) is 0.176. The second-order valence-electron chi connectivity index (χ2n) is 5.04. The first-order chi connectivity index (χ1) is 9.61. The van der Waals surface area contributed by atoms with Crippen LogP contribution in [0.15, 0.2) is 57.4 Å². The van der Waals surface area contributed by atoms with Gasteiger partial charge < -0.3 is 9.52 Å². The number of halogens is 1. The lowest BCUT2D eigenvalue weighted by Crippen LogP contribution is -2.00. The molecule has 1 N–H and O–H groups in total. The lowest BCUT2D eigenvalue weighted by molar-refractivity contribution is 0.152. The Morgan fingerprint density at radius 2 is 2.00 bits per heavy atom. The molecule has 0 aliphatic heterocycles. The number of rotatable bonds is 3. The zero-order chi connectivity index (χ0) is 14.1. The van der Waals surface area contributed by atoms with Gasteiger partial charge in [-0.05, 0) is 42.8 Å². The molecule has 0 radical (unpaired) electrons. The van der Waals surface area contributed by atoms with Crippen molar-refractivity contribution in [2.45, 2.75) is 19.4 Å². The molecule has 0 saturated carbocycles. The molecule has 0 aliphatic rings. The van der Waals surface area contributed by atoms with Gasteiger partial charge in [0.1, 0.15) is 17.4 Å². The van der Waals surface area contributed by atoms with Crippen LogP contribution in [0.5, 0.6) is 0 Å². The lowest BCUT2D eigenvalue weighted by Gasteiger charge is -2.07. The molecule has 0 spiro atoms. The highest BCUT2D eigenvalue weighted by Gasteiger charge is 2.14. The molecular formula is C17H15BrO2. The second-order valence-corrected chi connectivity index (χ2v) is 5.96. The van der Waals surface area contributed by atoms with Crippen molar-refractivity contribution in [3.05, 3.63) is 69.9 Å². The smallest absolute Gasteiger partial charge is 0.134 e. The van der Waals surface area contributed by atoms with E-state index in [0.717, 1.165) is 21.0 Å². The number of furan rings is 1. The van der Waals surface area contributed by atoms with E-state index < -0.39 is 6.10 Å². The molecule has 2 aromatic carbocycles. The first-order valence-corrected chi connectivity index (χ1v) is 7.34. The van der Waals surface area contributed by atoms with Gasteiger partial charge in [0.2, 0.25) is 0 Å². The molecule has 20 heavy (non-hydrogen) atoms. The molecule has 0 aliphatic carbocycles. The third-order valence-corrected chi connectivity index (χ3v) is 3.83. The summed E-state index contributed by atoms with van der Waals surface area (Å²) in [5.74, 6) is 0.616. The molecule has 1 atom stereocenters. The Morgan fingerprint density at radius 3 is 2.80 bits per heavy atom. The largest absolute Gasteiger partial charge is 0.458 e. The molecule has 102 valence electrons. The van der Waals surface area contributed by atoms with Crippen LogP contribution in [-0.2, 0) is 6.42 Å². The number of aryl methyl sites for hydroxylation is 1. The summed E-state index contributed by atoms with van der Waals surface area (Å²) >= 11 is 3.44. The van der Waals surface area contributed by atoms with E-state index in [2.05, 4.69) is 22.0 Å². The Kier molecular flexibility index (Phi) is 3.64. The van der Waals surface area contributed by atoms with Crippen LogP contribution in [0.3, 0.4) is 0 Å². The highest BCUT2D eigenvalue weighted by molar-refractivity contribution is 9.10. The molecule has 0 fully saturated rings. The van der Waals surface area contributed by atoms with Gasteiger partial charge in [-0.1, -0.05) is 39.7 Å². The van der Waals surface area contributed by atoms with Crippen molar-refractivity contribution in [3.63, 3.8) is 0 Å². The molecule has 0 amide bonds. The van der Waals surface area contributed by atoms with Gasteiger partial charge in [0.25, 0.3) is 0 Å². The molecule has 1 aromatic heterocycles. The average molecular weight is 331 g/mol. The summed E-state index contributed by atoms with van der Waals surface area (Å²) in [7, 11) is 0. The molecule has 3 heteroatoms. The maximum absolute atomic E-state index is 10.3. The van der Waals surface area contributed by atoms with E-state index in [9.17, 15) is 5.11 Å². The van der Waals surface area contributed by atoms with Gasteiger partial charge in [-0.3, -0.25) is 0 Å². The summed E-state index contributed by atoms with van der Waals surface area (Å²) in [4.78, 5) is 0. The van der Waals surface area contributed by atoms with E-state index in [1.54, 1.807) is 0 Å². The van der Waals surface area contributed by atoms with Crippen molar-refractivity contribution >= 4 is 26.9 Å². The second kappa shape index (κ2) is 5.43. The van der Waals surface area contributed by atoms with E-state index >= 15 is 0 Å². The van der Waals surface area contributed by atoms with Gasteiger partial charge in [0, 0.05) is 16.3 Å². The molecular weight excluding hydrogens is 316 g/mol. The quantitative estimate of drug-likeness (QED) is 0.749. The minimum Gasteiger partial charge on any atom is -0.458 e. The summed E-state index contributed by atoms with van der Waals surface area (Å²) < 4.78 is 6.74. The van der Waals surface area contributed by atoms with Gasteiger partial charge in [0.05, 0.1) is 0 Å². The highest BCUT2D eigenvalue weighted by atomic mass is 79.9. The number of benzene rings is 2. The molecule has 1 heterocycles. The minimum absolute atomic E-state index is 0.540. The van der Waals surface area contributed by atoms with Crippen LogP contribution in [0.2, 0.25) is 0 Å². The van der Waals surface area contributed by atoms with Crippen LogP contribution >= 0.6 is 15.9 Å². The van der Waals surface area contributed by atoms with E-state index in [-0.39, 0.29) is 0 Å². The summed E-state index contributed by atoms with van der Waals surface area (Å²) in [6.07, 6.45) is -0.0878. The summed E-state index contributed by atoms with van der Waals surface area (Å²) in [5.41, 5.74) is 3.08. The molecule has 1 unspecified atom stereocenters. The fourth-order valence-electron chi connectivity index (χ4n) is 2.34. The van der Waals surface area contributed by atoms with E-state index in [1.165, 1.54) is 5.56 Å². The Morgan fingerprint density at radius 1 is 1.15 bits per heavy atom. The third-order valence-electron chi connectivity index (χ3n) is 3.34. The van der Waals surface area contributed by atoms with Crippen molar-refractivity contribution in [1.29, 1.82) is 0 Å². The minimum atomic E-state index is -0.628. The number of hydrogen-bond acceptors (Lipinski definition) is 2. The SMILES string of the molecule is Cc1ccc2oc(C(O)Cc3cccc(Br)c3)cc2c1. The Balaban J connectivity index is 1.86. The predicted molar refractivity (Wildman–Crippen MR) is 83.8 cm³/mol. The first kappa shape index (κ1) is 13.4. The van der Waals surface area contributed by atoms with E-state index in [4.69, 9.17) is 4.42 Å². The van der Waals surface area contributed by atoms with Crippen LogP contribution in [0.1, 0.15) is 23.0 Å². The predicted octanol–water partition coefficient (Wildman–Crippen LogP) is 4.78. The number of aliphatic hydroxyl groups excluding tert-OH is 1. The van der Waals surface area contributed by atoms with Gasteiger partial charge >= 0.3 is 0 Å². The highest BCUT2D eigenvalue weighted by Crippen LogP contribution is 2.27.